The third-order valence-electron chi connectivity index (χ3n) is 2.05. The van der Waals surface area contributed by atoms with Crippen molar-refractivity contribution in [2.45, 2.75) is 6.42 Å². The molecule has 0 heterocycles. The van der Waals surface area contributed by atoms with Crippen LogP contribution in [0.15, 0.2) is 22.7 Å². The number of nitrogen functional groups attached to an aromatic ring is 1. The van der Waals surface area contributed by atoms with E-state index in [1.807, 2.05) is 12.1 Å². The molecule has 0 aromatic heterocycles. The first kappa shape index (κ1) is 14.3. The fraction of sp³-hybridized carbons (Fsp3) is 0.400. The fourth-order valence-electron chi connectivity index (χ4n) is 1.25. The largest absolute Gasteiger partial charge is 0.397 e. The molecule has 0 unspecified atom stereocenters. The molecule has 17 heavy (non-hydrogen) atoms. The van der Waals surface area contributed by atoms with Crippen molar-refractivity contribution in [1.29, 1.82) is 0 Å². The normalized spacial score (nSPS) is 11.4. The molecule has 1 rings (SSSR count). The number of hydrogen-bond donors (Lipinski definition) is 3. The fourth-order valence-corrected chi connectivity index (χ4v) is 2.13. The van der Waals surface area contributed by atoms with E-state index in [0.29, 0.717) is 25.2 Å². The van der Waals surface area contributed by atoms with Crippen LogP contribution in [0.3, 0.4) is 0 Å². The molecular weight excluding hydrogens is 306 g/mol. The van der Waals surface area contributed by atoms with Crippen molar-refractivity contribution in [3.8, 4) is 0 Å². The topological polar surface area (TPSA) is 84.2 Å². The molecule has 0 radical (unpaired) electrons. The van der Waals surface area contributed by atoms with Gasteiger partial charge in [-0.25, -0.2) is 13.1 Å². The Labute approximate surface area is 110 Å². The monoisotopic (exact) mass is 321 g/mol. The Hall–Kier alpha value is -0.790. The predicted molar refractivity (Wildman–Crippen MR) is 74.5 cm³/mol. The van der Waals surface area contributed by atoms with Gasteiger partial charge in [-0.15, -0.1) is 0 Å². The second-order valence-corrected chi connectivity index (χ2v) is 6.43. The number of hydrogen-bond acceptors (Lipinski definition) is 4. The number of nitrogens with two attached hydrogens (primary N) is 1. The maximum atomic E-state index is 10.8. The molecule has 0 atom stereocenters. The van der Waals surface area contributed by atoms with Crippen LogP contribution in [0.2, 0.25) is 0 Å². The molecule has 96 valence electrons. The standard InChI is InChI=1S/C10H16BrN3O2S/c1-17(15,16)14-6-2-5-13-10-7-8(11)3-4-9(10)12/h3-4,7,13-14H,2,5-6,12H2,1H3. The van der Waals surface area contributed by atoms with Gasteiger partial charge in [-0.1, -0.05) is 15.9 Å². The van der Waals surface area contributed by atoms with Gasteiger partial charge in [0.1, 0.15) is 0 Å². The van der Waals surface area contributed by atoms with Gasteiger partial charge in [0, 0.05) is 17.6 Å². The Morgan fingerprint density at radius 1 is 1.35 bits per heavy atom. The summed E-state index contributed by atoms with van der Waals surface area (Å²) in [6, 6.07) is 5.56. The van der Waals surface area contributed by atoms with Crippen LogP contribution in [0.4, 0.5) is 11.4 Å². The van der Waals surface area contributed by atoms with Crippen LogP contribution in [0.5, 0.6) is 0 Å². The first-order valence-corrected chi connectivity index (χ1v) is 7.80. The molecule has 0 saturated heterocycles. The molecule has 0 bridgehead atoms. The van der Waals surface area contributed by atoms with E-state index in [1.165, 1.54) is 0 Å². The lowest BCUT2D eigenvalue weighted by Crippen LogP contribution is -2.24. The summed E-state index contributed by atoms with van der Waals surface area (Å²) >= 11 is 3.36. The minimum Gasteiger partial charge on any atom is -0.397 e. The summed E-state index contributed by atoms with van der Waals surface area (Å²) in [5, 5.41) is 3.15. The van der Waals surface area contributed by atoms with Gasteiger partial charge in [0.2, 0.25) is 10.0 Å². The van der Waals surface area contributed by atoms with Crippen molar-refractivity contribution in [3.63, 3.8) is 0 Å². The zero-order valence-corrected chi connectivity index (χ0v) is 11.9. The minimum absolute atomic E-state index is 0.416. The molecule has 5 nitrogen and oxygen atoms in total. The van der Waals surface area contributed by atoms with Crippen molar-refractivity contribution in [1.82, 2.24) is 4.72 Å². The predicted octanol–water partition coefficient (Wildman–Crippen LogP) is 1.38. The third-order valence-corrected chi connectivity index (χ3v) is 3.27. The Morgan fingerprint density at radius 2 is 2.06 bits per heavy atom. The lowest BCUT2D eigenvalue weighted by atomic mass is 10.2. The molecule has 0 fully saturated rings. The SMILES string of the molecule is CS(=O)(=O)NCCCNc1cc(Br)ccc1N. The molecule has 0 aliphatic rings. The zero-order valence-electron chi connectivity index (χ0n) is 9.53. The maximum absolute atomic E-state index is 10.8. The highest BCUT2D eigenvalue weighted by atomic mass is 79.9. The number of benzene rings is 1. The Balaban J connectivity index is 2.34. The molecule has 0 spiro atoms. The van der Waals surface area contributed by atoms with Crippen LogP contribution in [0.1, 0.15) is 6.42 Å². The van der Waals surface area contributed by atoms with Gasteiger partial charge in [0.05, 0.1) is 17.6 Å². The van der Waals surface area contributed by atoms with E-state index < -0.39 is 10.0 Å². The minimum atomic E-state index is -3.09. The Bertz CT molecular complexity index is 476. The second-order valence-electron chi connectivity index (χ2n) is 3.68. The number of sulfonamides is 1. The van der Waals surface area contributed by atoms with E-state index >= 15 is 0 Å². The van der Waals surface area contributed by atoms with Crippen LogP contribution in [0, 0.1) is 0 Å². The lowest BCUT2D eigenvalue weighted by Gasteiger charge is -2.09. The molecule has 0 saturated carbocycles. The van der Waals surface area contributed by atoms with Crippen molar-refractivity contribution < 1.29 is 8.42 Å². The van der Waals surface area contributed by atoms with Gasteiger partial charge in [0.25, 0.3) is 0 Å². The highest BCUT2D eigenvalue weighted by Crippen LogP contribution is 2.22. The van der Waals surface area contributed by atoms with Gasteiger partial charge in [-0.05, 0) is 24.6 Å². The summed E-state index contributed by atoms with van der Waals surface area (Å²) in [5.41, 5.74) is 7.30. The molecular formula is C10H16BrN3O2S. The summed E-state index contributed by atoms with van der Waals surface area (Å²) in [7, 11) is -3.09. The number of rotatable bonds is 6. The molecule has 0 aliphatic carbocycles. The Kier molecular flexibility index (Phi) is 5.23. The van der Waals surface area contributed by atoms with Crippen LogP contribution in [0.25, 0.3) is 0 Å². The number of anilines is 2. The number of halogens is 1. The average molecular weight is 322 g/mol. The highest BCUT2D eigenvalue weighted by Gasteiger charge is 2.01. The smallest absolute Gasteiger partial charge is 0.208 e. The molecule has 0 amide bonds. The van der Waals surface area contributed by atoms with Crippen molar-refractivity contribution in [2.75, 3.05) is 30.4 Å². The van der Waals surface area contributed by atoms with Gasteiger partial charge in [-0.2, -0.15) is 0 Å². The zero-order chi connectivity index (χ0) is 12.9. The van der Waals surface area contributed by atoms with Crippen molar-refractivity contribution in [2.24, 2.45) is 0 Å². The summed E-state index contributed by atoms with van der Waals surface area (Å²) in [6.45, 7) is 1.07. The van der Waals surface area contributed by atoms with E-state index in [1.54, 1.807) is 6.07 Å². The number of nitrogens with one attached hydrogen (secondary N) is 2. The second kappa shape index (κ2) is 6.23. The van der Waals surface area contributed by atoms with Crippen molar-refractivity contribution >= 4 is 37.3 Å². The molecule has 0 aliphatic heterocycles. The summed E-state index contributed by atoms with van der Waals surface area (Å²) < 4.78 is 25.0. The first-order valence-electron chi connectivity index (χ1n) is 5.12. The summed E-state index contributed by atoms with van der Waals surface area (Å²) in [6.07, 6.45) is 1.84. The highest BCUT2D eigenvalue weighted by molar-refractivity contribution is 9.10. The van der Waals surface area contributed by atoms with Crippen LogP contribution < -0.4 is 15.8 Å². The van der Waals surface area contributed by atoms with Gasteiger partial charge in [0.15, 0.2) is 0 Å². The molecule has 7 heteroatoms. The van der Waals surface area contributed by atoms with Gasteiger partial charge >= 0.3 is 0 Å². The molecule has 4 N–H and O–H groups in total. The van der Waals surface area contributed by atoms with E-state index in [2.05, 4.69) is 26.0 Å². The molecule has 1 aromatic carbocycles. The van der Waals surface area contributed by atoms with E-state index in [4.69, 9.17) is 5.73 Å². The van der Waals surface area contributed by atoms with Gasteiger partial charge < -0.3 is 11.1 Å². The molecule has 1 aromatic rings. The lowest BCUT2D eigenvalue weighted by molar-refractivity contribution is 0.586. The maximum Gasteiger partial charge on any atom is 0.208 e. The summed E-state index contributed by atoms with van der Waals surface area (Å²) in [5.74, 6) is 0. The average Bonchev–Trinajstić information content (AvgIpc) is 2.21. The van der Waals surface area contributed by atoms with Crippen molar-refractivity contribution in [3.05, 3.63) is 22.7 Å². The van der Waals surface area contributed by atoms with E-state index in [0.717, 1.165) is 16.4 Å². The third kappa shape index (κ3) is 5.90. The van der Waals surface area contributed by atoms with Crippen LogP contribution >= 0.6 is 15.9 Å². The quantitative estimate of drug-likeness (QED) is 0.546. The Morgan fingerprint density at radius 3 is 2.71 bits per heavy atom. The van der Waals surface area contributed by atoms with E-state index in [9.17, 15) is 8.42 Å². The van der Waals surface area contributed by atoms with Crippen LogP contribution in [-0.4, -0.2) is 27.8 Å². The first-order chi connectivity index (χ1) is 7.88. The van der Waals surface area contributed by atoms with E-state index in [-0.39, 0.29) is 0 Å². The summed E-state index contributed by atoms with van der Waals surface area (Å²) in [4.78, 5) is 0. The van der Waals surface area contributed by atoms with Crippen LogP contribution in [-0.2, 0) is 10.0 Å². The van der Waals surface area contributed by atoms with Gasteiger partial charge in [-0.3, -0.25) is 0 Å².